The molecule has 16 heavy (non-hydrogen) atoms. The quantitative estimate of drug-likeness (QED) is 0.878. The smallest absolute Gasteiger partial charge is 0.339 e. The van der Waals surface area contributed by atoms with Crippen LogP contribution in [0.15, 0.2) is 12.6 Å². The van der Waals surface area contributed by atoms with Crippen LogP contribution in [0.2, 0.25) is 5.02 Å². The molecule has 0 heterocycles. The van der Waals surface area contributed by atoms with Crippen molar-refractivity contribution in [3.05, 3.63) is 34.4 Å². The number of benzene rings is 1. The van der Waals surface area contributed by atoms with Crippen molar-refractivity contribution in [1.29, 1.82) is 0 Å². The van der Waals surface area contributed by atoms with E-state index in [1.54, 1.807) is 19.9 Å². The van der Waals surface area contributed by atoms with Gasteiger partial charge in [-0.1, -0.05) is 24.3 Å². The number of carboxylic acids is 1. The summed E-state index contributed by atoms with van der Waals surface area (Å²) in [6.45, 7) is 7.45. The molecule has 0 aliphatic heterocycles. The van der Waals surface area contributed by atoms with Crippen LogP contribution in [0, 0.1) is 6.92 Å². The minimum absolute atomic E-state index is 0.101. The Balaban J connectivity index is 3.56. The molecule has 4 heteroatoms. The van der Waals surface area contributed by atoms with Gasteiger partial charge in [0, 0.05) is 10.6 Å². The molecular weight excluding hydrogens is 228 g/mol. The number of halogens is 1. The zero-order valence-electron chi connectivity index (χ0n) is 9.21. The summed E-state index contributed by atoms with van der Waals surface area (Å²) >= 11 is 5.95. The summed E-state index contributed by atoms with van der Waals surface area (Å²) in [6, 6.07) is 1.65. The van der Waals surface area contributed by atoms with Crippen LogP contribution in [0.1, 0.15) is 28.4 Å². The first-order valence-corrected chi connectivity index (χ1v) is 5.22. The average Bonchev–Trinajstić information content (AvgIpc) is 2.23. The number of hydrogen-bond donors (Lipinski definition) is 1. The second kappa shape index (κ2) is 5.03. The number of ether oxygens (including phenoxy) is 1. The van der Waals surface area contributed by atoms with Crippen molar-refractivity contribution in [1.82, 2.24) is 0 Å². The highest BCUT2D eigenvalue weighted by atomic mass is 35.5. The van der Waals surface area contributed by atoms with E-state index in [0.717, 1.165) is 0 Å². The molecule has 0 aromatic heterocycles. The number of rotatable bonds is 4. The summed E-state index contributed by atoms with van der Waals surface area (Å²) in [6.07, 6.45) is 1.53. The van der Waals surface area contributed by atoms with Gasteiger partial charge in [-0.05, 0) is 25.5 Å². The van der Waals surface area contributed by atoms with Gasteiger partial charge in [-0.3, -0.25) is 0 Å². The summed E-state index contributed by atoms with van der Waals surface area (Å²) < 4.78 is 5.35. The number of carboxylic acid groups (broad SMARTS) is 1. The predicted octanol–water partition coefficient (Wildman–Crippen LogP) is 3.39. The number of carbonyl (C=O) groups is 1. The summed E-state index contributed by atoms with van der Waals surface area (Å²) in [5, 5.41) is 9.54. The third-order valence-corrected chi connectivity index (χ3v) is 2.62. The van der Waals surface area contributed by atoms with Crippen molar-refractivity contribution in [3.8, 4) is 5.75 Å². The molecule has 0 atom stereocenters. The molecule has 0 spiro atoms. The molecule has 1 aromatic carbocycles. The summed E-state index contributed by atoms with van der Waals surface area (Å²) in [7, 11) is 0. The summed E-state index contributed by atoms with van der Waals surface area (Å²) in [5.41, 5.74) is 1.20. The molecule has 3 nitrogen and oxygen atoms in total. The van der Waals surface area contributed by atoms with E-state index in [9.17, 15) is 4.79 Å². The predicted molar refractivity (Wildman–Crippen MR) is 64.4 cm³/mol. The lowest BCUT2D eigenvalue weighted by atomic mass is 10.0. The maximum atomic E-state index is 11.2. The van der Waals surface area contributed by atoms with Gasteiger partial charge in [0.2, 0.25) is 0 Å². The van der Waals surface area contributed by atoms with Gasteiger partial charge in [-0.15, -0.1) is 0 Å². The van der Waals surface area contributed by atoms with Crippen LogP contribution >= 0.6 is 11.6 Å². The van der Waals surface area contributed by atoms with E-state index in [4.69, 9.17) is 21.4 Å². The Labute approximate surface area is 99.3 Å². The van der Waals surface area contributed by atoms with Crippen molar-refractivity contribution in [2.75, 3.05) is 6.61 Å². The Morgan fingerprint density at radius 2 is 2.31 bits per heavy atom. The first-order chi connectivity index (χ1) is 7.52. The normalized spacial score (nSPS) is 9.94. The molecule has 0 amide bonds. The lowest BCUT2D eigenvalue weighted by Crippen LogP contribution is -2.07. The molecule has 0 saturated heterocycles. The SMILES string of the molecule is C=Cc1cc(Cl)c(C)c(C(=O)O)c1OCC. The maximum absolute atomic E-state index is 11.2. The second-order valence-corrected chi connectivity index (χ2v) is 3.63. The zero-order valence-corrected chi connectivity index (χ0v) is 9.97. The van der Waals surface area contributed by atoms with Gasteiger partial charge < -0.3 is 9.84 Å². The fourth-order valence-electron chi connectivity index (χ4n) is 1.45. The van der Waals surface area contributed by atoms with E-state index in [2.05, 4.69) is 6.58 Å². The minimum Gasteiger partial charge on any atom is -0.492 e. The lowest BCUT2D eigenvalue weighted by molar-refractivity contribution is 0.0691. The van der Waals surface area contributed by atoms with Crippen LogP contribution in [0.3, 0.4) is 0 Å². The van der Waals surface area contributed by atoms with Crippen molar-refractivity contribution in [3.63, 3.8) is 0 Å². The first-order valence-electron chi connectivity index (χ1n) is 4.84. The molecule has 0 aliphatic rings. The van der Waals surface area contributed by atoms with Crippen LogP contribution in [-0.4, -0.2) is 17.7 Å². The molecule has 86 valence electrons. The Hall–Kier alpha value is -1.48. The van der Waals surface area contributed by atoms with Gasteiger partial charge in [0.05, 0.1) is 6.61 Å². The molecule has 1 rings (SSSR count). The van der Waals surface area contributed by atoms with E-state index >= 15 is 0 Å². The van der Waals surface area contributed by atoms with Gasteiger partial charge in [0.15, 0.2) is 0 Å². The number of aromatic carboxylic acids is 1. The molecule has 0 unspecified atom stereocenters. The topological polar surface area (TPSA) is 46.5 Å². The lowest BCUT2D eigenvalue weighted by Gasteiger charge is -2.14. The van der Waals surface area contributed by atoms with Crippen molar-refractivity contribution in [2.45, 2.75) is 13.8 Å². The zero-order chi connectivity index (χ0) is 12.3. The van der Waals surface area contributed by atoms with Crippen molar-refractivity contribution in [2.24, 2.45) is 0 Å². The minimum atomic E-state index is -1.05. The fourth-order valence-corrected chi connectivity index (χ4v) is 1.67. The van der Waals surface area contributed by atoms with Gasteiger partial charge in [-0.2, -0.15) is 0 Å². The summed E-state index contributed by atoms with van der Waals surface area (Å²) in [5.74, 6) is -0.724. The van der Waals surface area contributed by atoms with E-state index in [1.807, 2.05) is 0 Å². The molecule has 0 bridgehead atoms. The Kier molecular flexibility index (Phi) is 3.96. The van der Waals surface area contributed by atoms with Crippen LogP contribution < -0.4 is 4.74 Å². The van der Waals surface area contributed by atoms with Crippen LogP contribution in [0.25, 0.3) is 6.08 Å². The standard InChI is InChI=1S/C12H13ClO3/c1-4-8-6-9(13)7(3)10(12(14)15)11(8)16-5-2/h4,6H,1,5H2,2-3H3,(H,14,15). The molecule has 0 saturated carbocycles. The average molecular weight is 241 g/mol. The fraction of sp³-hybridized carbons (Fsp3) is 0.250. The molecule has 1 aromatic rings. The van der Waals surface area contributed by atoms with Crippen LogP contribution in [0.4, 0.5) is 0 Å². The van der Waals surface area contributed by atoms with Crippen LogP contribution in [-0.2, 0) is 0 Å². The third kappa shape index (κ3) is 2.19. The Morgan fingerprint density at radius 1 is 1.69 bits per heavy atom. The van der Waals surface area contributed by atoms with Gasteiger partial charge in [0.1, 0.15) is 11.3 Å². The monoisotopic (exact) mass is 240 g/mol. The highest BCUT2D eigenvalue weighted by Crippen LogP contribution is 2.33. The second-order valence-electron chi connectivity index (χ2n) is 3.22. The highest BCUT2D eigenvalue weighted by molar-refractivity contribution is 6.32. The van der Waals surface area contributed by atoms with E-state index in [-0.39, 0.29) is 5.56 Å². The largest absolute Gasteiger partial charge is 0.492 e. The third-order valence-electron chi connectivity index (χ3n) is 2.23. The molecule has 0 aliphatic carbocycles. The maximum Gasteiger partial charge on any atom is 0.339 e. The molecular formula is C12H13ClO3. The summed E-state index contributed by atoms with van der Waals surface area (Å²) in [4.78, 5) is 11.2. The van der Waals surface area contributed by atoms with E-state index in [1.165, 1.54) is 6.08 Å². The van der Waals surface area contributed by atoms with Crippen molar-refractivity contribution < 1.29 is 14.6 Å². The first kappa shape index (κ1) is 12.6. The Morgan fingerprint density at radius 3 is 2.75 bits per heavy atom. The number of hydrogen-bond acceptors (Lipinski definition) is 2. The van der Waals surface area contributed by atoms with E-state index < -0.39 is 5.97 Å². The van der Waals surface area contributed by atoms with Gasteiger partial charge >= 0.3 is 5.97 Å². The van der Waals surface area contributed by atoms with Gasteiger partial charge in [0.25, 0.3) is 0 Å². The molecule has 1 N–H and O–H groups in total. The van der Waals surface area contributed by atoms with Crippen LogP contribution in [0.5, 0.6) is 5.75 Å². The highest BCUT2D eigenvalue weighted by Gasteiger charge is 2.19. The molecule has 0 fully saturated rings. The van der Waals surface area contributed by atoms with Crippen molar-refractivity contribution >= 4 is 23.6 Å². The van der Waals surface area contributed by atoms with E-state index in [0.29, 0.717) is 28.5 Å². The van der Waals surface area contributed by atoms with Gasteiger partial charge in [-0.25, -0.2) is 4.79 Å². The molecule has 0 radical (unpaired) electrons. The Bertz CT molecular complexity index is 438.